The van der Waals surface area contributed by atoms with E-state index in [9.17, 15) is 19.5 Å². The first-order chi connectivity index (χ1) is 15.0. The van der Waals surface area contributed by atoms with E-state index in [0.717, 1.165) is 28.4 Å². The molecule has 1 unspecified atom stereocenters. The van der Waals surface area contributed by atoms with Crippen molar-refractivity contribution in [3.8, 4) is 5.75 Å². The number of para-hydroxylation sites is 1. The highest BCUT2D eigenvalue weighted by Crippen LogP contribution is 2.47. The SMILES string of the molecule is Cc1nc2c(s1)C(Nc1c(Nc3cccc(C(=O)N(C)C)c3O)c(=O)c1=O)C(C)(C)CC2. The molecule has 0 fully saturated rings. The molecule has 0 saturated carbocycles. The maximum absolute atomic E-state index is 12.5. The molecule has 9 heteroatoms. The third-order valence-corrected chi connectivity index (χ3v) is 7.09. The minimum atomic E-state index is -0.662. The minimum absolute atomic E-state index is 0.0870. The Morgan fingerprint density at radius 3 is 2.59 bits per heavy atom. The van der Waals surface area contributed by atoms with Gasteiger partial charge in [0, 0.05) is 14.1 Å². The number of phenolic OH excluding ortho intramolecular Hbond substituents is 1. The summed E-state index contributed by atoms with van der Waals surface area (Å²) in [6.07, 6.45) is 1.77. The van der Waals surface area contributed by atoms with Crippen LogP contribution in [0.25, 0.3) is 0 Å². The Kier molecular flexibility index (Phi) is 5.32. The standard InChI is InChI=1S/C23H26N4O4S/c1-11-24-14-9-10-23(2,3)21(20(14)32-11)26-16-15(18(29)19(16)30)25-13-8-6-7-12(17(13)28)22(31)27(4)5/h6-8,21,25-26,28H,9-10H2,1-5H3. The van der Waals surface area contributed by atoms with Gasteiger partial charge in [-0.3, -0.25) is 14.4 Å². The smallest absolute Gasteiger partial charge is 0.257 e. The molecule has 0 radical (unpaired) electrons. The lowest BCUT2D eigenvalue weighted by Gasteiger charge is -2.39. The van der Waals surface area contributed by atoms with Gasteiger partial charge in [0.15, 0.2) is 5.75 Å². The van der Waals surface area contributed by atoms with Gasteiger partial charge in [0.05, 0.1) is 32.9 Å². The number of benzene rings is 1. The number of carbonyl (C=O) groups is 1. The lowest BCUT2D eigenvalue weighted by atomic mass is 9.74. The van der Waals surface area contributed by atoms with E-state index in [1.165, 1.54) is 11.0 Å². The maximum atomic E-state index is 12.5. The number of phenols is 1. The van der Waals surface area contributed by atoms with Gasteiger partial charge in [-0.1, -0.05) is 19.9 Å². The number of rotatable bonds is 5. The van der Waals surface area contributed by atoms with Crippen LogP contribution in [0.3, 0.4) is 0 Å². The molecule has 1 aliphatic rings. The van der Waals surface area contributed by atoms with Crippen LogP contribution in [0.15, 0.2) is 27.8 Å². The second-order valence-corrected chi connectivity index (χ2v) is 10.3. The zero-order valence-electron chi connectivity index (χ0n) is 18.7. The molecular formula is C23H26N4O4S. The summed E-state index contributed by atoms with van der Waals surface area (Å²) in [5, 5.41) is 17.7. The second kappa shape index (κ2) is 7.74. The molecule has 1 atom stereocenters. The topological polar surface area (TPSA) is 112 Å². The van der Waals surface area contributed by atoms with Crippen LogP contribution >= 0.6 is 11.3 Å². The molecule has 32 heavy (non-hydrogen) atoms. The number of thiazole rings is 1. The Morgan fingerprint density at radius 1 is 1.22 bits per heavy atom. The van der Waals surface area contributed by atoms with Crippen LogP contribution in [0.5, 0.6) is 5.75 Å². The molecule has 8 nitrogen and oxygen atoms in total. The summed E-state index contributed by atoms with van der Waals surface area (Å²) < 4.78 is 0. The van der Waals surface area contributed by atoms with Gasteiger partial charge in [0.25, 0.3) is 16.8 Å². The lowest BCUT2D eigenvalue weighted by molar-refractivity contribution is 0.0824. The van der Waals surface area contributed by atoms with Crippen LogP contribution in [0.1, 0.15) is 52.2 Å². The van der Waals surface area contributed by atoms with Crippen molar-refractivity contribution in [2.45, 2.75) is 39.7 Å². The van der Waals surface area contributed by atoms with Crippen LogP contribution in [0.4, 0.5) is 17.1 Å². The highest BCUT2D eigenvalue weighted by Gasteiger charge is 2.40. The van der Waals surface area contributed by atoms with Crippen LogP contribution in [-0.2, 0) is 6.42 Å². The van der Waals surface area contributed by atoms with Gasteiger partial charge in [-0.25, -0.2) is 4.98 Å². The predicted octanol–water partition coefficient (Wildman–Crippen LogP) is 3.32. The second-order valence-electron chi connectivity index (χ2n) is 9.04. The number of aromatic nitrogens is 1. The van der Waals surface area contributed by atoms with E-state index in [1.807, 2.05) is 6.92 Å². The highest BCUT2D eigenvalue weighted by atomic mass is 32.1. The summed E-state index contributed by atoms with van der Waals surface area (Å²) in [6, 6.07) is 4.49. The van der Waals surface area contributed by atoms with Gasteiger partial charge in [-0.05, 0) is 37.3 Å². The van der Waals surface area contributed by atoms with Crippen LogP contribution in [0, 0.1) is 12.3 Å². The third kappa shape index (κ3) is 3.56. The fourth-order valence-corrected chi connectivity index (χ4v) is 5.31. The maximum Gasteiger partial charge on any atom is 0.257 e. The summed E-state index contributed by atoms with van der Waals surface area (Å²) in [4.78, 5) is 44.2. The van der Waals surface area contributed by atoms with E-state index in [-0.39, 0.29) is 45.7 Å². The summed E-state index contributed by atoms with van der Waals surface area (Å²) in [7, 11) is 3.17. The monoisotopic (exact) mass is 454 g/mol. The zero-order valence-corrected chi connectivity index (χ0v) is 19.5. The molecule has 4 rings (SSSR count). The molecule has 0 bridgehead atoms. The van der Waals surface area contributed by atoms with E-state index < -0.39 is 10.9 Å². The molecule has 1 amide bonds. The van der Waals surface area contributed by atoms with E-state index in [4.69, 9.17) is 0 Å². The number of hydrogen-bond donors (Lipinski definition) is 3. The molecule has 0 saturated heterocycles. The normalized spacial score (nSPS) is 17.1. The average molecular weight is 455 g/mol. The van der Waals surface area contributed by atoms with Gasteiger partial charge >= 0.3 is 0 Å². The van der Waals surface area contributed by atoms with E-state index in [0.29, 0.717) is 0 Å². The number of nitrogens with one attached hydrogen (secondary N) is 2. The van der Waals surface area contributed by atoms with E-state index in [2.05, 4.69) is 29.5 Å². The number of aromatic hydroxyl groups is 1. The van der Waals surface area contributed by atoms with Crippen molar-refractivity contribution in [3.05, 3.63) is 59.8 Å². The van der Waals surface area contributed by atoms with Gasteiger partial charge in [0.1, 0.15) is 11.4 Å². The summed E-state index contributed by atoms with van der Waals surface area (Å²) in [5.41, 5.74) is 0.187. The lowest BCUT2D eigenvalue weighted by Crippen LogP contribution is -2.41. The van der Waals surface area contributed by atoms with Crippen molar-refractivity contribution < 1.29 is 9.90 Å². The molecule has 1 heterocycles. The highest BCUT2D eigenvalue weighted by molar-refractivity contribution is 7.11. The number of carbonyl (C=O) groups excluding carboxylic acids is 1. The largest absolute Gasteiger partial charge is 0.505 e. The summed E-state index contributed by atoms with van der Waals surface area (Å²) in [5.74, 6) is -0.643. The van der Waals surface area contributed by atoms with E-state index in [1.54, 1.807) is 37.6 Å². The first-order valence-corrected chi connectivity index (χ1v) is 11.2. The van der Waals surface area contributed by atoms with Gasteiger partial charge in [-0.2, -0.15) is 0 Å². The Balaban J connectivity index is 1.68. The average Bonchev–Trinajstić information content (AvgIpc) is 3.12. The molecule has 3 aromatic rings. The molecule has 168 valence electrons. The minimum Gasteiger partial charge on any atom is -0.505 e. The van der Waals surface area contributed by atoms with Crippen molar-refractivity contribution in [2.75, 3.05) is 24.7 Å². The Bertz CT molecular complexity index is 1280. The van der Waals surface area contributed by atoms with Crippen molar-refractivity contribution in [2.24, 2.45) is 5.41 Å². The zero-order chi connectivity index (χ0) is 23.4. The molecule has 0 spiro atoms. The third-order valence-electron chi connectivity index (χ3n) is 6.02. The predicted molar refractivity (Wildman–Crippen MR) is 126 cm³/mol. The van der Waals surface area contributed by atoms with Crippen LogP contribution in [0.2, 0.25) is 0 Å². The number of nitrogens with zero attached hydrogens (tertiary/aromatic N) is 2. The molecule has 2 aromatic carbocycles. The van der Waals surface area contributed by atoms with Gasteiger partial charge in [-0.15, -0.1) is 11.3 Å². The fraction of sp³-hybridized carbons (Fsp3) is 0.391. The van der Waals surface area contributed by atoms with Crippen LogP contribution < -0.4 is 21.5 Å². The fourth-order valence-electron chi connectivity index (χ4n) is 4.08. The quantitative estimate of drug-likeness (QED) is 0.400. The van der Waals surface area contributed by atoms with Crippen molar-refractivity contribution in [1.82, 2.24) is 9.88 Å². The molecule has 1 aliphatic carbocycles. The molecule has 3 N–H and O–H groups in total. The Hall–Kier alpha value is -3.20. The van der Waals surface area contributed by atoms with E-state index >= 15 is 0 Å². The first kappa shape index (κ1) is 22.0. The van der Waals surface area contributed by atoms with Crippen LogP contribution in [-0.4, -0.2) is 35.0 Å². The number of anilines is 3. The number of amides is 1. The first-order valence-electron chi connectivity index (χ1n) is 10.4. The van der Waals surface area contributed by atoms with Crippen molar-refractivity contribution in [3.63, 3.8) is 0 Å². The molecule has 0 aliphatic heterocycles. The van der Waals surface area contributed by atoms with Gasteiger partial charge in [0.2, 0.25) is 0 Å². The summed E-state index contributed by atoms with van der Waals surface area (Å²) in [6.45, 7) is 6.22. The number of aryl methyl sites for hydroxylation is 2. The van der Waals surface area contributed by atoms with Gasteiger partial charge < -0.3 is 20.6 Å². The van der Waals surface area contributed by atoms with Crippen molar-refractivity contribution >= 4 is 34.3 Å². The summed E-state index contributed by atoms with van der Waals surface area (Å²) >= 11 is 1.60. The Morgan fingerprint density at radius 2 is 1.91 bits per heavy atom. The number of fused-ring (bicyclic) bond motifs is 1. The number of hydrogen-bond acceptors (Lipinski definition) is 8. The molecule has 1 aromatic heterocycles. The molecular weight excluding hydrogens is 428 g/mol. The van der Waals surface area contributed by atoms with Crippen molar-refractivity contribution in [1.29, 1.82) is 0 Å². The Labute approximate surface area is 189 Å².